The molecule has 1 aromatic carbocycles. The van der Waals surface area contributed by atoms with Gasteiger partial charge >= 0.3 is 0 Å². The van der Waals surface area contributed by atoms with Gasteiger partial charge in [0.2, 0.25) is 0 Å². The smallest absolute Gasteiger partial charge is 0.194 e. The van der Waals surface area contributed by atoms with Crippen molar-refractivity contribution < 1.29 is 17.9 Å². The number of benzene rings is 1. The predicted octanol–water partition coefficient (Wildman–Crippen LogP) is 2.00. The van der Waals surface area contributed by atoms with E-state index in [-0.39, 0.29) is 15.9 Å². The lowest BCUT2D eigenvalue weighted by atomic mass is 10.1. The highest BCUT2D eigenvalue weighted by Gasteiger charge is 2.21. The molecule has 0 amide bonds. The van der Waals surface area contributed by atoms with Gasteiger partial charge in [0.05, 0.1) is 10.7 Å². The number of aliphatic hydroxyl groups is 1. The Kier molecular flexibility index (Phi) is 3.86. The van der Waals surface area contributed by atoms with Crippen molar-refractivity contribution >= 4 is 21.4 Å². The molecule has 2 aromatic rings. The third kappa shape index (κ3) is 2.84. The maximum Gasteiger partial charge on any atom is 0.194 e. The minimum atomic E-state index is -3.48. The zero-order valence-electron chi connectivity index (χ0n) is 10.7. The highest BCUT2D eigenvalue weighted by molar-refractivity contribution is 7.90. The highest BCUT2D eigenvalue weighted by atomic mass is 35.5. The number of halogens is 2. The van der Waals surface area contributed by atoms with E-state index in [1.807, 2.05) is 0 Å². The van der Waals surface area contributed by atoms with Crippen LogP contribution in [0.4, 0.5) is 4.39 Å². The molecule has 2 N–H and O–H groups in total. The van der Waals surface area contributed by atoms with Crippen LogP contribution in [0.25, 0.3) is 0 Å². The van der Waals surface area contributed by atoms with Crippen molar-refractivity contribution in [3.8, 4) is 0 Å². The molecular formula is C12H12ClFN2O3S. The summed E-state index contributed by atoms with van der Waals surface area (Å²) in [5.41, 5.74) is 0.639. The first-order valence-electron chi connectivity index (χ1n) is 5.59. The van der Waals surface area contributed by atoms with Crippen molar-refractivity contribution in [2.45, 2.75) is 18.1 Å². The van der Waals surface area contributed by atoms with Gasteiger partial charge in [0, 0.05) is 6.26 Å². The first-order valence-corrected chi connectivity index (χ1v) is 7.86. The minimum absolute atomic E-state index is 0.0607. The van der Waals surface area contributed by atoms with Crippen LogP contribution < -0.4 is 0 Å². The second-order valence-electron chi connectivity index (χ2n) is 4.40. The first-order chi connectivity index (χ1) is 9.20. The van der Waals surface area contributed by atoms with Crippen LogP contribution in [-0.2, 0) is 9.84 Å². The van der Waals surface area contributed by atoms with E-state index < -0.39 is 21.8 Å². The fourth-order valence-electron chi connectivity index (χ4n) is 1.80. The molecule has 0 aliphatic rings. The molecule has 0 fully saturated rings. The lowest BCUT2D eigenvalue weighted by Crippen LogP contribution is -2.03. The second-order valence-corrected chi connectivity index (χ2v) is 6.74. The van der Waals surface area contributed by atoms with Crippen LogP contribution in [0, 0.1) is 12.7 Å². The number of nitrogens with one attached hydrogen (secondary N) is 1. The topological polar surface area (TPSA) is 83.0 Å². The van der Waals surface area contributed by atoms with Gasteiger partial charge in [-0.3, -0.25) is 0 Å². The van der Waals surface area contributed by atoms with Gasteiger partial charge in [0.25, 0.3) is 0 Å². The number of aromatic nitrogens is 2. The van der Waals surface area contributed by atoms with Gasteiger partial charge in [-0.2, -0.15) is 0 Å². The summed E-state index contributed by atoms with van der Waals surface area (Å²) < 4.78 is 36.1. The van der Waals surface area contributed by atoms with Gasteiger partial charge in [-0.15, -0.1) is 0 Å². The summed E-state index contributed by atoms with van der Waals surface area (Å²) in [7, 11) is -3.48. The lowest BCUT2D eigenvalue weighted by Gasteiger charge is -2.08. The third-order valence-corrected chi connectivity index (χ3v) is 4.12. The van der Waals surface area contributed by atoms with Crippen molar-refractivity contribution in [3.63, 3.8) is 0 Å². The molecule has 8 heteroatoms. The van der Waals surface area contributed by atoms with Crippen LogP contribution in [0.1, 0.15) is 23.2 Å². The van der Waals surface area contributed by atoms with Crippen molar-refractivity contribution in [1.82, 2.24) is 9.97 Å². The molecule has 0 aliphatic carbocycles. The summed E-state index contributed by atoms with van der Waals surface area (Å²) in [5, 5.41) is 9.88. The molecule has 5 nitrogen and oxygen atoms in total. The second kappa shape index (κ2) is 5.16. The molecule has 20 heavy (non-hydrogen) atoms. The number of hydrogen-bond acceptors (Lipinski definition) is 4. The summed E-state index contributed by atoms with van der Waals surface area (Å²) in [6.45, 7) is 1.54. The van der Waals surface area contributed by atoms with Crippen LogP contribution in [-0.4, -0.2) is 29.7 Å². The first kappa shape index (κ1) is 15.0. The third-order valence-electron chi connectivity index (χ3n) is 2.73. The molecule has 1 atom stereocenters. The summed E-state index contributed by atoms with van der Waals surface area (Å²) in [6, 6.07) is 3.73. The van der Waals surface area contributed by atoms with Crippen LogP contribution >= 0.6 is 11.6 Å². The van der Waals surface area contributed by atoms with E-state index in [1.54, 1.807) is 0 Å². The quantitative estimate of drug-likeness (QED) is 0.906. The molecule has 0 aliphatic heterocycles. The Morgan fingerprint density at radius 2 is 2.10 bits per heavy atom. The maximum absolute atomic E-state index is 13.1. The van der Waals surface area contributed by atoms with Crippen LogP contribution in [0.3, 0.4) is 0 Å². The molecule has 2 rings (SSSR count). The Morgan fingerprint density at radius 3 is 2.60 bits per heavy atom. The number of hydrogen-bond donors (Lipinski definition) is 2. The summed E-state index contributed by atoms with van der Waals surface area (Å²) in [6.07, 6.45) is -0.191. The highest BCUT2D eigenvalue weighted by Crippen LogP contribution is 2.25. The summed E-state index contributed by atoms with van der Waals surface area (Å²) >= 11 is 5.64. The van der Waals surface area contributed by atoms with Gasteiger partial charge in [0.15, 0.2) is 14.9 Å². The molecule has 0 spiro atoms. The zero-order chi connectivity index (χ0) is 15.1. The van der Waals surface area contributed by atoms with Gasteiger partial charge in [0.1, 0.15) is 17.7 Å². The maximum atomic E-state index is 13.1. The molecule has 1 unspecified atom stereocenters. The fraction of sp³-hybridized carbons (Fsp3) is 0.250. The van der Waals surface area contributed by atoms with Crippen LogP contribution in [0.15, 0.2) is 23.2 Å². The van der Waals surface area contributed by atoms with E-state index >= 15 is 0 Å². The fourth-order valence-corrected chi connectivity index (χ4v) is 2.86. The Morgan fingerprint density at radius 1 is 1.45 bits per heavy atom. The van der Waals surface area contributed by atoms with E-state index in [1.165, 1.54) is 19.1 Å². The predicted molar refractivity (Wildman–Crippen MR) is 71.9 cm³/mol. The number of imidazole rings is 1. The Hall–Kier alpha value is -1.44. The molecule has 1 heterocycles. The average molecular weight is 319 g/mol. The largest absolute Gasteiger partial charge is 0.380 e. The summed E-state index contributed by atoms with van der Waals surface area (Å²) in [5.74, 6) is -0.541. The zero-order valence-corrected chi connectivity index (χ0v) is 12.3. The Labute approximate surface area is 120 Å². The van der Waals surface area contributed by atoms with Crippen molar-refractivity contribution in [2.75, 3.05) is 6.26 Å². The number of sulfone groups is 1. The van der Waals surface area contributed by atoms with E-state index in [0.29, 0.717) is 11.3 Å². The van der Waals surface area contributed by atoms with Gasteiger partial charge in [-0.05, 0) is 24.6 Å². The monoisotopic (exact) mass is 318 g/mol. The van der Waals surface area contributed by atoms with Gasteiger partial charge in [-0.1, -0.05) is 17.7 Å². The minimum Gasteiger partial charge on any atom is -0.380 e. The van der Waals surface area contributed by atoms with Crippen molar-refractivity contribution in [1.29, 1.82) is 0 Å². The van der Waals surface area contributed by atoms with Crippen molar-refractivity contribution in [3.05, 3.63) is 46.1 Å². The van der Waals surface area contributed by atoms with Crippen molar-refractivity contribution in [2.24, 2.45) is 0 Å². The van der Waals surface area contributed by atoms with E-state index in [0.717, 1.165) is 12.3 Å². The molecule has 0 saturated heterocycles. The van der Waals surface area contributed by atoms with E-state index in [4.69, 9.17) is 11.6 Å². The number of rotatable bonds is 3. The number of aryl methyl sites for hydroxylation is 1. The Bertz CT molecular complexity index is 758. The molecular weight excluding hydrogens is 307 g/mol. The molecule has 0 saturated carbocycles. The molecule has 0 bridgehead atoms. The number of H-pyrrole nitrogens is 1. The van der Waals surface area contributed by atoms with E-state index in [2.05, 4.69) is 9.97 Å². The van der Waals surface area contributed by atoms with Crippen LogP contribution in [0.2, 0.25) is 5.02 Å². The lowest BCUT2D eigenvalue weighted by molar-refractivity contribution is 0.210. The van der Waals surface area contributed by atoms with Crippen LogP contribution in [0.5, 0.6) is 0 Å². The number of nitrogens with zero attached hydrogens (tertiary/aromatic N) is 1. The summed E-state index contributed by atoms with van der Waals surface area (Å²) in [4.78, 5) is 6.59. The molecule has 108 valence electrons. The SMILES string of the molecule is Cc1[nH]c(C(O)c2ccc(F)c(Cl)c2)nc1S(C)(=O)=O. The van der Waals surface area contributed by atoms with Gasteiger partial charge in [-0.25, -0.2) is 17.8 Å². The molecule has 1 aromatic heterocycles. The molecule has 0 radical (unpaired) electrons. The Balaban J connectivity index is 2.43. The number of aliphatic hydroxyl groups excluding tert-OH is 1. The standard InChI is InChI=1S/C12H12ClFN2O3S/c1-6-12(20(2,18)19)16-11(15-6)10(17)7-3-4-9(14)8(13)5-7/h3-5,10,17H,1-2H3,(H,15,16). The number of aromatic amines is 1. The normalized spacial score (nSPS) is 13.4. The van der Waals surface area contributed by atoms with E-state index in [9.17, 15) is 17.9 Å². The average Bonchev–Trinajstić information content (AvgIpc) is 2.74. The van der Waals surface area contributed by atoms with Gasteiger partial charge < -0.3 is 10.1 Å².